The lowest BCUT2D eigenvalue weighted by atomic mass is 9.85. The third kappa shape index (κ3) is 3.76. The van der Waals surface area contributed by atoms with Crippen LogP contribution in [0.25, 0.3) is 0 Å². The van der Waals surface area contributed by atoms with Crippen LogP contribution in [0, 0.1) is 5.92 Å². The van der Waals surface area contributed by atoms with E-state index in [4.69, 9.17) is 16.3 Å². The highest BCUT2D eigenvalue weighted by atomic mass is 35.5. The predicted molar refractivity (Wildman–Crippen MR) is 82.2 cm³/mol. The minimum atomic E-state index is -0.938. The normalized spacial score (nSPS) is 18.2. The summed E-state index contributed by atoms with van der Waals surface area (Å²) in [5.74, 6) is 0.0691. The summed E-state index contributed by atoms with van der Waals surface area (Å²) >= 11 is 5.85. The SMILES string of the molecule is COCCCC(C)C(=O)N1CC(O)(c2ccc(Cl)cc2)C1. The number of hydrogen-bond acceptors (Lipinski definition) is 3. The fourth-order valence-electron chi connectivity index (χ4n) is 2.65. The lowest BCUT2D eigenvalue weighted by Gasteiger charge is -2.47. The largest absolute Gasteiger partial charge is 0.385 e. The molecule has 1 aliphatic rings. The maximum Gasteiger partial charge on any atom is 0.225 e. The molecular weight excluding hydrogens is 290 g/mol. The smallest absolute Gasteiger partial charge is 0.225 e. The maximum absolute atomic E-state index is 12.2. The van der Waals surface area contributed by atoms with Gasteiger partial charge < -0.3 is 14.7 Å². The summed E-state index contributed by atoms with van der Waals surface area (Å²) in [5.41, 5.74) is -0.130. The molecule has 0 aromatic heterocycles. The van der Waals surface area contributed by atoms with Gasteiger partial charge in [0.15, 0.2) is 0 Å². The molecule has 116 valence electrons. The second-order valence-corrected chi connectivity index (χ2v) is 6.21. The van der Waals surface area contributed by atoms with E-state index in [9.17, 15) is 9.90 Å². The van der Waals surface area contributed by atoms with Crippen molar-refractivity contribution < 1.29 is 14.6 Å². The van der Waals surface area contributed by atoms with Crippen molar-refractivity contribution in [3.8, 4) is 0 Å². The molecule has 0 bridgehead atoms. The Bertz CT molecular complexity index is 483. The van der Waals surface area contributed by atoms with Gasteiger partial charge in [-0.3, -0.25) is 4.79 Å². The Morgan fingerprint density at radius 2 is 2.05 bits per heavy atom. The van der Waals surface area contributed by atoms with Gasteiger partial charge in [0.25, 0.3) is 0 Å². The van der Waals surface area contributed by atoms with E-state index < -0.39 is 5.60 Å². The van der Waals surface area contributed by atoms with Gasteiger partial charge in [0.2, 0.25) is 5.91 Å². The zero-order valence-electron chi connectivity index (χ0n) is 12.5. The molecule has 1 atom stereocenters. The summed E-state index contributed by atoms with van der Waals surface area (Å²) in [4.78, 5) is 14.0. The average Bonchev–Trinajstić information content (AvgIpc) is 2.44. The van der Waals surface area contributed by atoms with E-state index in [0.29, 0.717) is 24.7 Å². The topological polar surface area (TPSA) is 49.8 Å². The molecule has 1 fully saturated rings. The number of methoxy groups -OCH3 is 1. The van der Waals surface area contributed by atoms with Gasteiger partial charge in [-0.05, 0) is 30.5 Å². The highest BCUT2D eigenvalue weighted by Crippen LogP contribution is 2.33. The van der Waals surface area contributed by atoms with Gasteiger partial charge in [0.1, 0.15) is 5.60 Å². The molecule has 5 heteroatoms. The Morgan fingerprint density at radius 3 is 2.62 bits per heavy atom. The lowest BCUT2D eigenvalue weighted by Crippen LogP contribution is -2.62. The van der Waals surface area contributed by atoms with Crippen molar-refractivity contribution in [1.82, 2.24) is 4.90 Å². The highest BCUT2D eigenvalue weighted by Gasteiger charge is 2.45. The first-order chi connectivity index (χ1) is 9.96. The van der Waals surface area contributed by atoms with E-state index in [1.807, 2.05) is 19.1 Å². The number of benzene rings is 1. The Labute approximate surface area is 130 Å². The highest BCUT2D eigenvalue weighted by molar-refractivity contribution is 6.30. The molecule has 21 heavy (non-hydrogen) atoms. The monoisotopic (exact) mass is 311 g/mol. The molecule has 4 nitrogen and oxygen atoms in total. The summed E-state index contributed by atoms with van der Waals surface area (Å²) in [6, 6.07) is 7.14. The molecule has 0 radical (unpaired) electrons. The standard InChI is InChI=1S/C16H22ClNO3/c1-12(4-3-9-21-2)15(19)18-10-16(20,11-18)13-5-7-14(17)8-6-13/h5-8,12,20H,3-4,9-11H2,1-2H3. The van der Waals surface area contributed by atoms with Crippen molar-refractivity contribution in [3.63, 3.8) is 0 Å². The Morgan fingerprint density at radius 1 is 1.43 bits per heavy atom. The third-order valence-corrected chi connectivity index (χ3v) is 4.26. The minimum Gasteiger partial charge on any atom is -0.385 e. The summed E-state index contributed by atoms with van der Waals surface area (Å²) < 4.78 is 5.00. The molecule has 1 aliphatic heterocycles. The van der Waals surface area contributed by atoms with Crippen LogP contribution in [-0.4, -0.2) is 42.7 Å². The van der Waals surface area contributed by atoms with Crippen molar-refractivity contribution in [2.45, 2.75) is 25.4 Å². The summed E-state index contributed by atoms with van der Waals surface area (Å²) in [6.07, 6.45) is 1.68. The van der Waals surface area contributed by atoms with Gasteiger partial charge in [0.05, 0.1) is 13.1 Å². The van der Waals surface area contributed by atoms with Crippen molar-refractivity contribution in [1.29, 1.82) is 0 Å². The van der Waals surface area contributed by atoms with Gasteiger partial charge in [0, 0.05) is 24.7 Å². The molecule has 1 amide bonds. The molecule has 1 unspecified atom stereocenters. The first-order valence-corrected chi connectivity index (χ1v) is 7.60. The number of hydrogen-bond donors (Lipinski definition) is 1. The molecule has 1 N–H and O–H groups in total. The Balaban J connectivity index is 1.87. The molecule has 1 aromatic rings. The van der Waals surface area contributed by atoms with Crippen LogP contribution in [0.4, 0.5) is 0 Å². The number of aliphatic hydroxyl groups is 1. The van der Waals surface area contributed by atoms with Crippen molar-refractivity contribution in [2.75, 3.05) is 26.8 Å². The number of ether oxygens (including phenoxy) is 1. The van der Waals surface area contributed by atoms with E-state index in [-0.39, 0.29) is 11.8 Å². The summed E-state index contributed by atoms with van der Waals surface area (Å²) in [6.45, 7) is 3.30. The van der Waals surface area contributed by atoms with Crippen LogP contribution < -0.4 is 0 Å². The quantitative estimate of drug-likeness (QED) is 0.821. The zero-order valence-corrected chi connectivity index (χ0v) is 13.3. The van der Waals surface area contributed by atoms with Gasteiger partial charge >= 0.3 is 0 Å². The Hall–Kier alpha value is -1.10. The van der Waals surface area contributed by atoms with Crippen molar-refractivity contribution in [3.05, 3.63) is 34.9 Å². The van der Waals surface area contributed by atoms with Crippen LogP contribution in [0.15, 0.2) is 24.3 Å². The van der Waals surface area contributed by atoms with Crippen LogP contribution >= 0.6 is 11.6 Å². The zero-order chi connectivity index (χ0) is 15.5. The molecule has 1 heterocycles. The predicted octanol–water partition coefficient (Wildman–Crippen LogP) is 2.43. The molecule has 0 spiro atoms. The molecule has 1 aromatic carbocycles. The Kier molecular flexibility index (Phi) is 5.25. The fourth-order valence-corrected chi connectivity index (χ4v) is 2.78. The number of halogens is 1. The van der Waals surface area contributed by atoms with Crippen LogP contribution in [0.5, 0.6) is 0 Å². The molecule has 0 aliphatic carbocycles. The van der Waals surface area contributed by atoms with E-state index in [2.05, 4.69) is 0 Å². The van der Waals surface area contributed by atoms with Crippen LogP contribution in [0.1, 0.15) is 25.3 Å². The molecule has 2 rings (SSSR count). The number of likely N-dealkylation sites (tertiary alicyclic amines) is 1. The average molecular weight is 312 g/mol. The molecular formula is C16H22ClNO3. The number of nitrogens with zero attached hydrogens (tertiary/aromatic N) is 1. The van der Waals surface area contributed by atoms with E-state index in [0.717, 1.165) is 18.4 Å². The second-order valence-electron chi connectivity index (χ2n) is 5.77. The maximum atomic E-state index is 12.2. The van der Waals surface area contributed by atoms with Crippen molar-refractivity contribution >= 4 is 17.5 Å². The molecule has 1 saturated heterocycles. The van der Waals surface area contributed by atoms with Gasteiger partial charge in [-0.25, -0.2) is 0 Å². The number of rotatable bonds is 6. The minimum absolute atomic E-state index is 0.0325. The second kappa shape index (κ2) is 6.77. The number of amides is 1. The van der Waals surface area contributed by atoms with E-state index in [1.54, 1.807) is 24.1 Å². The first kappa shape index (κ1) is 16.3. The third-order valence-electron chi connectivity index (χ3n) is 4.01. The van der Waals surface area contributed by atoms with Crippen LogP contribution in [0.2, 0.25) is 5.02 Å². The number of carbonyl (C=O) groups excluding carboxylic acids is 1. The van der Waals surface area contributed by atoms with Gasteiger partial charge in [-0.15, -0.1) is 0 Å². The van der Waals surface area contributed by atoms with Gasteiger partial charge in [-0.2, -0.15) is 0 Å². The van der Waals surface area contributed by atoms with E-state index in [1.165, 1.54) is 0 Å². The summed E-state index contributed by atoms with van der Waals surface area (Å²) in [7, 11) is 1.66. The molecule has 0 saturated carbocycles. The number of carbonyl (C=O) groups is 1. The first-order valence-electron chi connectivity index (χ1n) is 7.22. The summed E-state index contributed by atoms with van der Waals surface area (Å²) in [5, 5.41) is 11.2. The lowest BCUT2D eigenvalue weighted by molar-refractivity contribution is -0.161. The van der Waals surface area contributed by atoms with E-state index >= 15 is 0 Å². The fraction of sp³-hybridized carbons (Fsp3) is 0.562. The van der Waals surface area contributed by atoms with Crippen LogP contribution in [-0.2, 0) is 15.1 Å². The number of β-amino-alcohol motifs (C(OH)–C–C–N with tert-alkyl or cyclic N) is 1. The van der Waals surface area contributed by atoms with Crippen LogP contribution in [0.3, 0.4) is 0 Å². The van der Waals surface area contributed by atoms with Gasteiger partial charge in [-0.1, -0.05) is 30.7 Å². The van der Waals surface area contributed by atoms with Crippen molar-refractivity contribution in [2.24, 2.45) is 5.92 Å².